The Bertz CT molecular complexity index is 727. The fraction of sp³-hybridized carbons (Fsp3) is 0.571. The van der Waals surface area contributed by atoms with Gasteiger partial charge >= 0.3 is 17.6 Å². The number of anilines is 1. The first kappa shape index (κ1) is 20.2. The first-order valence-electron chi connectivity index (χ1n) is 7.71. The second-order valence-electron chi connectivity index (χ2n) is 5.76. The molecule has 1 fully saturated rings. The molecule has 0 spiro atoms. The van der Waals surface area contributed by atoms with Crippen molar-refractivity contribution in [3.05, 3.63) is 22.7 Å². The second kappa shape index (κ2) is 8.49. The third-order valence-electron chi connectivity index (χ3n) is 3.82. The third kappa shape index (κ3) is 4.72. The Morgan fingerprint density at radius 1 is 1.38 bits per heavy atom. The quantitative estimate of drug-likeness (QED) is 0.321. The lowest BCUT2D eigenvalue weighted by atomic mass is 10.1. The molecule has 26 heavy (non-hydrogen) atoms. The first-order valence-corrected chi connectivity index (χ1v) is 8.65. The highest BCUT2D eigenvalue weighted by molar-refractivity contribution is 8.00. The van der Waals surface area contributed by atoms with Crippen molar-refractivity contribution in [2.75, 3.05) is 12.3 Å². The van der Waals surface area contributed by atoms with Gasteiger partial charge in [0.2, 0.25) is 0 Å². The van der Waals surface area contributed by atoms with Gasteiger partial charge in [0.25, 0.3) is 0 Å². The summed E-state index contributed by atoms with van der Waals surface area (Å²) < 4.78 is 6.13. The zero-order valence-electron chi connectivity index (χ0n) is 13.6. The van der Waals surface area contributed by atoms with Crippen LogP contribution in [0, 0.1) is 0 Å². The number of hydrogen-bond acceptors (Lipinski definition) is 10. The minimum atomic E-state index is -1.28. The van der Waals surface area contributed by atoms with E-state index in [2.05, 4.69) is 4.98 Å². The van der Waals surface area contributed by atoms with Crippen LogP contribution in [0.1, 0.15) is 18.2 Å². The first-order chi connectivity index (χ1) is 12.2. The van der Waals surface area contributed by atoms with Crippen LogP contribution in [0.25, 0.3) is 0 Å². The molecule has 12 heteroatoms. The van der Waals surface area contributed by atoms with Crippen LogP contribution in [0.15, 0.2) is 17.1 Å². The molecule has 1 aromatic heterocycles. The summed E-state index contributed by atoms with van der Waals surface area (Å²) in [5.41, 5.74) is 10.3. The summed E-state index contributed by atoms with van der Waals surface area (Å²) in [5, 5.41) is 27.4. The SMILES string of the molecule is Nc1ccn([C@@H]2S[C@H](COC(=O)[C@H](N)CCC(=O)O)C(O)C2O)c(=O)n1. The molecule has 0 aromatic carbocycles. The normalized spacial score (nSPS) is 26.4. The van der Waals surface area contributed by atoms with Gasteiger partial charge in [-0.15, -0.1) is 11.8 Å². The molecule has 1 saturated heterocycles. The van der Waals surface area contributed by atoms with Gasteiger partial charge in [-0.2, -0.15) is 4.98 Å². The molecule has 2 heterocycles. The van der Waals surface area contributed by atoms with Gasteiger partial charge in [-0.1, -0.05) is 0 Å². The predicted octanol–water partition coefficient (Wildman–Crippen LogP) is -2.10. The summed E-state index contributed by atoms with van der Waals surface area (Å²) in [6.07, 6.45) is -1.53. The zero-order chi connectivity index (χ0) is 19.4. The Morgan fingerprint density at radius 2 is 2.08 bits per heavy atom. The topological polar surface area (TPSA) is 191 Å². The smallest absolute Gasteiger partial charge is 0.350 e. The van der Waals surface area contributed by atoms with Gasteiger partial charge in [0.05, 0.1) is 11.4 Å². The Balaban J connectivity index is 1.96. The minimum Gasteiger partial charge on any atom is -0.481 e. The number of carbonyl (C=O) groups is 2. The summed E-state index contributed by atoms with van der Waals surface area (Å²) in [6, 6.07) is 0.287. The molecule has 0 amide bonds. The average Bonchev–Trinajstić information content (AvgIpc) is 2.85. The number of aliphatic hydroxyl groups excluding tert-OH is 2. The number of ether oxygens (including phenoxy) is 1. The monoisotopic (exact) mass is 388 g/mol. The Labute approximate surface area is 152 Å². The number of aliphatic hydroxyl groups is 2. The van der Waals surface area contributed by atoms with Crippen LogP contribution in [0.5, 0.6) is 0 Å². The van der Waals surface area contributed by atoms with Crippen molar-refractivity contribution in [1.29, 1.82) is 0 Å². The van der Waals surface area contributed by atoms with E-state index in [4.69, 9.17) is 21.3 Å². The molecule has 2 rings (SSSR count). The maximum atomic E-state index is 11.9. The van der Waals surface area contributed by atoms with Gasteiger partial charge in [0.1, 0.15) is 29.9 Å². The maximum Gasteiger partial charge on any atom is 0.350 e. The van der Waals surface area contributed by atoms with E-state index in [1.807, 2.05) is 0 Å². The number of carboxylic acid groups (broad SMARTS) is 1. The van der Waals surface area contributed by atoms with Crippen molar-refractivity contribution < 1.29 is 29.6 Å². The molecular weight excluding hydrogens is 368 g/mol. The van der Waals surface area contributed by atoms with E-state index in [0.29, 0.717) is 0 Å². The van der Waals surface area contributed by atoms with Crippen molar-refractivity contribution >= 4 is 29.5 Å². The van der Waals surface area contributed by atoms with Crippen molar-refractivity contribution in [3.8, 4) is 0 Å². The largest absolute Gasteiger partial charge is 0.481 e. The molecule has 7 N–H and O–H groups in total. The highest BCUT2D eigenvalue weighted by Crippen LogP contribution is 2.41. The van der Waals surface area contributed by atoms with E-state index in [9.17, 15) is 24.6 Å². The number of aromatic nitrogens is 2. The number of nitrogens with two attached hydrogens (primary N) is 2. The van der Waals surface area contributed by atoms with Crippen molar-refractivity contribution in [2.45, 2.75) is 41.7 Å². The van der Waals surface area contributed by atoms with Gasteiger partial charge in [-0.3, -0.25) is 14.2 Å². The van der Waals surface area contributed by atoms with E-state index in [-0.39, 0.29) is 25.3 Å². The third-order valence-corrected chi connectivity index (χ3v) is 5.37. The summed E-state index contributed by atoms with van der Waals surface area (Å²) in [5.74, 6) is -1.85. The van der Waals surface area contributed by atoms with Crippen LogP contribution in [0.3, 0.4) is 0 Å². The van der Waals surface area contributed by atoms with E-state index in [1.54, 1.807) is 0 Å². The summed E-state index contributed by atoms with van der Waals surface area (Å²) in [6.45, 7) is -0.254. The lowest BCUT2D eigenvalue weighted by Gasteiger charge is -2.17. The van der Waals surface area contributed by atoms with Crippen LogP contribution in [0.4, 0.5) is 5.82 Å². The molecule has 144 valence electrons. The number of nitrogens with zero attached hydrogens (tertiary/aromatic N) is 2. The maximum absolute atomic E-state index is 11.9. The van der Waals surface area contributed by atoms with Crippen molar-refractivity contribution in [3.63, 3.8) is 0 Å². The number of carboxylic acids is 1. The number of carbonyl (C=O) groups excluding carboxylic acids is 1. The number of nitrogen functional groups attached to an aromatic ring is 1. The minimum absolute atomic E-state index is 0.0325. The van der Waals surface area contributed by atoms with Crippen LogP contribution in [-0.4, -0.2) is 66.9 Å². The van der Waals surface area contributed by atoms with Crippen LogP contribution < -0.4 is 17.2 Å². The van der Waals surface area contributed by atoms with Crippen LogP contribution in [0.2, 0.25) is 0 Å². The van der Waals surface area contributed by atoms with Gasteiger partial charge in [-0.05, 0) is 12.5 Å². The number of hydrogen-bond donors (Lipinski definition) is 5. The summed E-state index contributed by atoms with van der Waals surface area (Å²) >= 11 is 1.04. The van der Waals surface area contributed by atoms with Crippen LogP contribution in [-0.2, 0) is 14.3 Å². The molecule has 5 atom stereocenters. The Hall–Kier alpha value is -2.15. The van der Waals surface area contributed by atoms with E-state index in [1.165, 1.54) is 12.3 Å². The average molecular weight is 388 g/mol. The molecule has 1 aliphatic rings. The molecule has 0 aliphatic carbocycles. The van der Waals surface area contributed by atoms with Crippen molar-refractivity contribution in [1.82, 2.24) is 9.55 Å². The molecule has 0 saturated carbocycles. The number of thioether (sulfide) groups is 1. The molecular formula is C14H20N4O7S. The molecule has 0 bridgehead atoms. The van der Waals surface area contributed by atoms with Crippen LogP contribution >= 0.6 is 11.8 Å². The Kier molecular flexibility index (Phi) is 6.58. The van der Waals surface area contributed by atoms with E-state index < -0.39 is 46.5 Å². The van der Waals surface area contributed by atoms with E-state index >= 15 is 0 Å². The molecule has 11 nitrogen and oxygen atoms in total. The lowest BCUT2D eigenvalue weighted by molar-refractivity contribution is -0.146. The molecule has 0 radical (unpaired) electrons. The highest BCUT2D eigenvalue weighted by Gasteiger charge is 2.44. The van der Waals surface area contributed by atoms with Gasteiger partial charge in [0, 0.05) is 12.6 Å². The number of esters is 1. The number of aliphatic carboxylic acids is 1. The number of rotatable bonds is 7. The zero-order valence-corrected chi connectivity index (χ0v) is 14.4. The molecule has 1 aromatic rings. The van der Waals surface area contributed by atoms with Gasteiger partial charge in [0.15, 0.2) is 0 Å². The predicted molar refractivity (Wildman–Crippen MR) is 91.1 cm³/mol. The second-order valence-corrected chi connectivity index (χ2v) is 7.12. The van der Waals surface area contributed by atoms with E-state index in [0.717, 1.165) is 16.3 Å². The summed E-state index contributed by atoms with van der Waals surface area (Å²) in [4.78, 5) is 37.7. The highest BCUT2D eigenvalue weighted by atomic mass is 32.2. The summed E-state index contributed by atoms with van der Waals surface area (Å²) in [7, 11) is 0. The Morgan fingerprint density at radius 3 is 2.69 bits per heavy atom. The van der Waals surface area contributed by atoms with Gasteiger partial charge in [-0.25, -0.2) is 4.79 Å². The molecule has 1 aliphatic heterocycles. The standard InChI is InChI=1S/C14H20N4O7S/c15-6(1-2-9(19)20)13(23)25-5-7-10(21)11(22)12(26-7)18-4-3-8(16)17-14(18)24/h3-4,6-7,10-12,21-22H,1-2,5,15H2,(H,19,20)(H2,16,17,24)/t6-,7-,10?,11?,12-/m1/s1. The fourth-order valence-corrected chi connectivity index (χ4v) is 3.82. The van der Waals surface area contributed by atoms with Crippen molar-refractivity contribution in [2.24, 2.45) is 5.73 Å². The fourth-order valence-electron chi connectivity index (χ4n) is 2.38. The molecule has 2 unspecified atom stereocenters. The van der Waals surface area contributed by atoms with Gasteiger partial charge < -0.3 is 31.5 Å². The lowest BCUT2D eigenvalue weighted by Crippen LogP contribution is -2.38.